The summed E-state index contributed by atoms with van der Waals surface area (Å²) in [7, 11) is 0. The molecule has 0 amide bonds. The van der Waals surface area contributed by atoms with Crippen LogP contribution in [-0.4, -0.2) is 9.78 Å². The van der Waals surface area contributed by atoms with Crippen LogP contribution in [0.25, 0.3) is 5.69 Å². The second kappa shape index (κ2) is 3.98. The number of aromatic nitrogens is 2. The summed E-state index contributed by atoms with van der Waals surface area (Å²) >= 11 is 0. The summed E-state index contributed by atoms with van der Waals surface area (Å²) in [6.45, 7) is 3.85. The van der Waals surface area contributed by atoms with Gasteiger partial charge < -0.3 is 10.5 Å². The highest BCUT2D eigenvalue weighted by atomic mass is 16.5. The summed E-state index contributed by atoms with van der Waals surface area (Å²) < 4.78 is 7.45. The number of rotatable bonds is 2. The fourth-order valence-corrected chi connectivity index (χ4v) is 2.28. The number of fused-ring (bicyclic) bond motifs is 1. The summed E-state index contributed by atoms with van der Waals surface area (Å²) in [5.41, 5.74) is 11.4. The first-order valence-electron chi connectivity index (χ1n) is 5.74. The van der Waals surface area contributed by atoms with Crippen molar-refractivity contribution in [3.63, 3.8) is 0 Å². The van der Waals surface area contributed by atoms with Crippen LogP contribution in [0.1, 0.15) is 22.5 Å². The van der Waals surface area contributed by atoms with E-state index in [1.807, 2.05) is 35.9 Å². The molecule has 0 atom stereocenters. The maximum Gasteiger partial charge on any atom is 0.0897 e. The molecule has 0 bridgehead atoms. The van der Waals surface area contributed by atoms with E-state index in [0.717, 1.165) is 22.6 Å². The fraction of sp³-hybridized carbons (Fsp3) is 0.308. The monoisotopic (exact) mass is 229 g/mol. The maximum atomic E-state index is 5.77. The van der Waals surface area contributed by atoms with Crippen LogP contribution in [0.15, 0.2) is 24.3 Å². The van der Waals surface area contributed by atoms with E-state index >= 15 is 0 Å². The van der Waals surface area contributed by atoms with Gasteiger partial charge in [-0.15, -0.1) is 0 Å². The lowest BCUT2D eigenvalue weighted by atomic mass is 10.1. The molecule has 4 nitrogen and oxygen atoms in total. The number of aryl methyl sites for hydroxylation is 1. The van der Waals surface area contributed by atoms with Gasteiger partial charge in [-0.05, 0) is 18.6 Å². The average Bonchev–Trinajstić information content (AvgIpc) is 2.94. The largest absolute Gasteiger partial charge is 0.370 e. The van der Waals surface area contributed by atoms with Gasteiger partial charge in [0.1, 0.15) is 0 Å². The van der Waals surface area contributed by atoms with Gasteiger partial charge in [0.05, 0.1) is 30.3 Å². The molecule has 4 heteroatoms. The summed E-state index contributed by atoms with van der Waals surface area (Å²) in [4.78, 5) is 0. The second-order valence-electron chi connectivity index (χ2n) is 4.25. The van der Waals surface area contributed by atoms with E-state index in [0.29, 0.717) is 19.8 Å². The van der Waals surface area contributed by atoms with Crippen LogP contribution in [0, 0.1) is 6.92 Å². The van der Waals surface area contributed by atoms with Gasteiger partial charge in [-0.25, -0.2) is 4.68 Å². The Labute approximate surface area is 100 Å². The average molecular weight is 229 g/mol. The third kappa shape index (κ3) is 1.57. The van der Waals surface area contributed by atoms with Crippen LogP contribution >= 0.6 is 0 Å². The van der Waals surface area contributed by atoms with Crippen molar-refractivity contribution in [1.29, 1.82) is 0 Å². The van der Waals surface area contributed by atoms with Gasteiger partial charge in [0, 0.05) is 12.1 Å². The molecule has 1 aromatic heterocycles. The molecule has 2 aromatic rings. The van der Waals surface area contributed by atoms with Crippen LogP contribution in [0.5, 0.6) is 0 Å². The first-order chi connectivity index (χ1) is 8.31. The van der Waals surface area contributed by atoms with Gasteiger partial charge in [0.25, 0.3) is 0 Å². The Morgan fingerprint density at radius 2 is 2.18 bits per heavy atom. The van der Waals surface area contributed by atoms with Crippen molar-refractivity contribution < 1.29 is 4.74 Å². The maximum absolute atomic E-state index is 5.77. The number of nitrogens with zero attached hydrogens (tertiary/aromatic N) is 2. The second-order valence-corrected chi connectivity index (χ2v) is 4.25. The zero-order valence-corrected chi connectivity index (χ0v) is 9.81. The van der Waals surface area contributed by atoms with Gasteiger partial charge in [0.2, 0.25) is 0 Å². The van der Waals surface area contributed by atoms with Crippen LogP contribution in [0.4, 0.5) is 0 Å². The summed E-state index contributed by atoms with van der Waals surface area (Å²) in [5.74, 6) is 0. The van der Waals surface area contributed by atoms with E-state index < -0.39 is 0 Å². The lowest BCUT2D eigenvalue weighted by molar-refractivity contribution is 0.130. The van der Waals surface area contributed by atoms with Crippen LogP contribution in [0.2, 0.25) is 0 Å². The summed E-state index contributed by atoms with van der Waals surface area (Å²) in [5, 5.41) is 4.59. The number of nitrogens with two attached hydrogens (primary N) is 1. The van der Waals surface area contributed by atoms with E-state index in [1.54, 1.807) is 0 Å². The molecule has 2 heterocycles. The molecule has 88 valence electrons. The smallest absolute Gasteiger partial charge is 0.0897 e. The van der Waals surface area contributed by atoms with Crippen LogP contribution < -0.4 is 5.73 Å². The van der Waals surface area contributed by atoms with Crippen molar-refractivity contribution in [3.05, 3.63) is 46.8 Å². The van der Waals surface area contributed by atoms with E-state index in [2.05, 4.69) is 5.10 Å². The molecule has 17 heavy (non-hydrogen) atoms. The minimum absolute atomic E-state index is 0.519. The minimum atomic E-state index is 0.519. The van der Waals surface area contributed by atoms with Crippen molar-refractivity contribution in [3.8, 4) is 5.69 Å². The van der Waals surface area contributed by atoms with Crippen molar-refractivity contribution in [2.45, 2.75) is 26.7 Å². The zero-order valence-electron chi connectivity index (χ0n) is 9.81. The molecule has 0 fully saturated rings. The molecular formula is C13H15N3O. The van der Waals surface area contributed by atoms with Crippen molar-refractivity contribution >= 4 is 0 Å². The predicted octanol–water partition coefficient (Wildman–Crippen LogP) is 1.67. The molecule has 3 rings (SSSR count). The summed E-state index contributed by atoms with van der Waals surface area (Å²) in [6, 6.07) is 8.09. The number of para-hydroxylation sites is 1. The van der Waals surface area contributed by atoms with Crippen molar-refractivity contribution in [2.24, 2.45) is 5.73 Å². The zero-order chi connectivity index (χ0) is 11.8. The first kappa shape index (κ1) is 10.5. The lowest BCUT2D eigenvalue weighted by Crippen LogP contribution is -2.08. The summed E-state index contributed by atoms with van der Waals surface area (Å²) in [6.07, 6.45) is 0. The highest BCUT2D eigenvalue weighted by Gasteiger charge is 2.22. The van der Waals surface area contributed by atoms with Crippen molar-refractivity contribution in [2.75, 3.05) is 0 Å². The topological polar surface area (TPSA) is 53.1 Å². The third-order valence-corrected chi connectivity index (χ3v) is 3.22. The lowest BCUT2D eigenvalue weighted by Gasteiger charge is -2.09. The fourth-order valence-electron chi connectivity index (χ4n) is 2.28. The highest BCUT2D eigenvalue weighted by molar-refractivity contribution is 5.44. The minimum Gasteiger partial charge on any atom is -0.370 e. The van der Waals surface area contributed by atoms with E-state index in [1.165, 1.54) is 5.56 Å². The predicted molar refractivity (Wildman–Crippen MR) is 64.7 cm³/mol. The SMILES string of the molecule is Cc1nn(-c2ccccc2CN)c2c1COC2. The van der Waals surface area contributed by atoms with Gasteiger partial charge in [-0.2, -0.15) is 5.10 Å². The Bertz CT molecular complexity index is 560. The van der Waals surface area contributed by atoms with E-state index in [9.17, 15) is 0 Å². The quantitative estimate of drug-likeness (QED) is 0.852. The first-order valence-corrected chi connectivity index (χ1v) is 5.74. The third-order valence-electron chi connectivity index (χ3n) is 3.22. The Balaban J connectivity index is 2.19. The van der Waals surface area contributed by atoms with Crippen LogP contribution in [0.3, 0.4) is 0 Å². The van der Waals surface area contributed by atoms with E-state index in [-0.39, 0.29) is 0 Å². The molecular weight excluding hydrogens is 214 g/mol. The molecule has 0 saturated carbocycles. The van der Waals surface area contributed by atoms with Crippen molar-refractivity contribution in [1.82, 2.24) is 9.78 Å². The Morgan fingerprint density at radius 3 is 3.00 bits per heavy atom. The van der Waals surface area contributed by atoms with E-state index in [4.69, 9.17) is 10.5 Å². The Morgan fingerprint density at radius 1 is 1.35 bits per heavy atom. The molecule has 0 saturated heterocycles. The molecule has 1 aliphatic rings. The molecule has 0 radical (unpaired) electrons. The molecule has 0 aliphatic carbocycles. The Kier molecular flexibility index (Phi) is 2.46. The van der Waals surface area contributed by atoms with Gasteiger partial charge >= 0.3 is 0 Å². The molecule has 1 aliphatic heterocycles. The number of benzene rings is 1. The van der Waals surface area contributed by atoms with Gasteiger partial charge in [-0.3, -0.25) is 0 Å². The number of hydrogen-bond donors (Lipinski definition) is 1. The number of hydrogen-bond acceptors (Lipinski definition) is 3. The highest BCUT2D eigenvalue weighted by Crippen LogP contribution is 2.26. The van der Waals surface area contributed by atoms with Gasteiger partial charge in [-0.1, -0.05) is 18.2 Å². The standard InChI is InChI=1S/C13H15N3O/c1-9-11-7-17-8-13(11)16(15-9)12-5-3-2-4-10(12)6-14/h2-5H,6-8,14H2,1H3. The Hall–Kier alpha value is -1.65. The number of ether oxygens (including phenoxy) is 1. The molecule has 0 spiro atoms. The molecule has 1 aromatic carbocycles. The normalized spacial score (nSPS) is 14.0. The molecule has 2 N–H and O–H groups in total. The van der Waals surface area contributed by atoms with Crippen LogP contribution in [-0.2, 0) is 24.5 Å². The molecule has 0 unspecified atom stereocenters. The van der Waals surface area contributed by atoms with Gasteiger partial charge in [0.15, 0.2) is 0 Å².